The summed E-state index contributed by atoms with van der Waals surface area (Å²) in [6.45, 7) is 0. The number of rotatable bonds is 4. The lowest BCUT2D eigenvalue weighted by molar-refractivity contribution is -0.143. The molecule has 2 atom stereocenters. The van der Waals surface area contributed by atoms with E-state index in [2.05, 4.69) is 46.7 Å². The number of methoxy groups -OCH3 is 1. The maximum atomic E-state index is 12.2. The highest BCUT2D eigenvalue weighted by atomic mass is 16.5. The van der Waals surface area contributed by atoms with Crippen LogP contribution in [0.15, 0.2) is 54.6 Å². The first kappa shape index (κ1) is 15.9. The third-order valence-electron chi connectivity index (χ3n) is 5.06. The molecule has 1 aromatic heterocycles. The number of aromatic nitrogens is 1. The van der Waals surface area contributed by atoms with Crippen LogP contribution in [-0.4, -0.2) is 24.1 Å². The van der Waals surface area contributed by atoms with Gasteiger partial charge in [0.15, 0.2) is 0 Å². The van der Waals surface area contributed by atoms with E-state index in [4.69, 9.17) is 4.74 Å². The first-order valence-corrected chi connectivity index (χ1v) is 8.73. The van der Waals surface area contributed by atoms with Crippen LogP contribution >= 0.6 is 0 Å². The molecule has 0 saturated heterocycles. The van der Waals surface area contributed by atoms with Gasteiger partial charge in [-0.05, 0) is 30.0 Å². The molecular formula is C21H22N2O2. The number of nitrogens with one attached hydrogen (secondary N) is 2. The Morgan fingerprint density at radius 3 is 2.68 bits per heavy atom. The number of hydrogen-bond donors (Lipinski definition) is 2. The van der Waals surface area contributed by atoms with Crippen LogP contribution in [0.2, 0.25) is 0 Å². The number of hydrogen-bond acceptors (Lipinski definition) is 3. The highest BCUT2D eigenvalue weighted by Crippen LogP contribution is 2.34. The molecule has 0 saturated carbocycles. The van der Waals surface area contributed by atoms with E-state index in [-0.39, 0.29) is 18.1 Å². The third-order valence-corrected chi connectivity index (χ3v) is 5.06. The van der Waals surface area contributed by atoms with Crippen LogP contribution in [0.3, 0.4) is 0 Å². The van der Waals surface area contributed by atoms with Gasteiger partial charge < -0.3 is 9.72 Å². The molecule has 0 amide bonds. The van der Waals surface area contributed by atoms with Crippen molar-refractivity contribution in [2.24, 2.45) is 0 Å². The Labute approximate surface area is 147 Å². The minimum Gasteiger partial charge on any atom is -0.468 e. The van der Waals surface area contributed by atoms with E-state index in [0.717, 1.165) is 18.4 Å². The molecule has 2 aromatic carbocycles. The normalized spacial score (nSPS) is 19.6. The predicted molar refractivity (Wildman–Crippen MR) is 98.4 cm³/mol. The smallest absolute Gasteiger partial charge is 0.323 e. The van der Waals surface area contributed by atoms with Gasteiger partial charge in [-0.15, -0.1) is 0 Å². The topological polar surface area (TPSA) is 54.1 Å². The summed E-state index contributed by atoms with van der Waals surface area (Å²) in [6.07, 6.45) is 2.55. The number of aryl methyl sites for hydroxylation is 1. The number of ether oxygens (including phenoxy) is 1. The van der Waals surface area contributed by atoms with Crippen LogP contribution < -0.4 is 5.32 Å². The Morgan fingerprint density at radius 1 is 1.12 bits per heavy atom. The minimum absolute atomic E-state index is 0.112. The first-order valence-electron chi connectivity index (χ1n) is 8.73. The second kappa shape index (κ2) is 6.73. The molecule has 0 fully saturated rings. The summed E-state index contributed by atoms with van der Waals surface area (Å²) in [5.41, 5.74) is 4.88. The summed E-state index contributed by atoms with van der Waals surface area (Å²) in [5, 5.41) is 4.69. The van der Waals surface area contributed by atoms with E-state index in [1.807, 2.05) is 18.2 Å². The molecule has 2 heterocycles. The highest BCUT2D eigenvalue weighted by molar-refractivity contribution is 5.87. The van der Waals surface area contributed by atoms with Gasteiger partial charge in [0.05, 0.1) is 7.11 Å². The Kier molecular flexibility index (Phi) is 4.28. The van der Waals surface area contributed by atoms with Crippen molar-refractivity contribution in [2.45, 2.75) is 31.3 Å². The number of carbonyl (C=O) groups excluding carboxylic acids is 1. The van der Waals surface area contributed by atoms with Crippen LogP contribution in [0.1, 0.15) is 29.3 Å². The number of para-hydroxylation sites is 1. The Hall–Kier alpha value is -2.59. The molecule has 25 heavy (non-hydrogen) atoms. The number of aromatic amines is 1. The van der Waals surface area contributed by atoms with Crippen LogP contribution in [0.5, 0.6) is 0 Å². The number of fused-ring (bicyclic) bond motifs is 3. The molecule has 4 nitrogen and oxygen atoms in total. The zero-order valence-corrected chi connectivity index (χ0v) is 14.3. The van der Waals surface area contributed by atoms with Gasteiger partial charge >= 0.3 is 5.97 Å². The number of H-pyrrole nitrogens is 1. The fraction of sp³-hybridized carbons (Fsp3) is 0.286. The molecule has 0 radical (unpaired) electrons. The highest BCUT2D eigenvalue weighted by Gasteiger charge is 2.33. The van der Waals surface area contributed by atoms with Gasteiger partial charge in [0.2, 0.25) is 0 Å². The van der Waals surface area contributed by atoms with Crippen molar-refractivity contribution in [3.8, 4) is 0 Å². The molecule has 0 bridgehead atoms. The quantitative estimate of drug-likeness (QED) is 0.718. The predicted octanol–water partition coefficient (Wildman–Crippen LogP) is 3.53. The molecular weight excluding hydrogens is 312 g/mol. The number of carbonyl (C=O) groups is 1. The lowest BCUT2D eigenvalue weighted by atomic mass is 9.91. The summed E-state index contributed by atoms with van der Waals surface area (Å²) in [4.78, 5) is 15.7. The molecule has 3 aromatic rings. The van der Waals surface area contributed by atoms with Crippen molar-refractivity contribution < 1.29 is 9.53 Å². The molecule has 2 N–H and O–H groups in total. The Balaban J connectivity index is 1.66. The van der Waals surface area contributed by atoms with Crippen molar-refractivity contribution in [1.82, 2.24) is 10.3 Å². The van der Waals surface area contributed by atoms with Crippen LogP contribution in [-0.2, 0) is 22.4 Å². The fourth-order valence-corrected chi connectivity index (χ4v) is 3.80. The zero-order valence-electron chi connectivity index (χ0n) is 14.3. The van der Waals surface area contributed by atoms with Crippen molar-refractivity contribution in [1.29, 1.82) is 0 Å². The summed E-state index contributed by atoms with van der Waals surface area (Å²) in [7, 11) is 1.45. The van der Waals surface area contributed by atoms with E-state index >= 15 is 0 Å². The van der Waals surface area contributed by atoms with Gasteiger partial charge in [0.25, 0.3) is 0 Å². The van der Waals surface area contributed by atoms with Gasteiger partial charge in [-0.1, -0.05) is 48.5 Å². The van der Waals surface area contributed by atoms with Crippen LogP contribution in [0.4, 0.5) is 0 Å². The van der Waals surface area contributed by atoms with Gasteiger partial charge in [0.1, 0.15) is 6.04 Å². The summed E-state index contributed by atoms with van der Waals surface area (Å²) >= 11 is 0. The van der Waals surface area contributed by atoms with Crippen LogP contribution in [0, 0.1) is 0 Å². The monoisotopic (exact) mass is 334 g/mol. The fourth-order valence-electron chi connectivity index (χ4n) is 3.80. The molecule has 1 aliphatic rings. The van der Waals surface area contributed by atoms with E-state index in [0.29, 0.717) is 6.42 Å². The Morgan fingerprint density at radius 2 is 1.88 bits per heavy atom. The van der Waals surface area contributed by atoms with Crippen molar-refractivity contribution in [3.63, 3.8) is 0 Å². The minimum atomic E-state index is -0.294. The molecule has 128 valence electrons. The molecule has 4 rings (SSSR count). The zero-order chi connectivity index (χ0) is 17.2. The van der Waals surface area contributed by atoms with Crippen molar-refractivity contribution in [3.05, 3.63) is 71.4 Å². The standard InChI is InChI=1S/C21H22N2O2/c1-25-21(24)19-13-16-15-9-5-6-10-17(15)23-20(16)18(22-19)12-11-14-7-3-2-4-8-14/h2-10,18-19,22-23H,11-13H2,1H3/t18-,19-/m1/s1. The Bertz CT molecular complexity index is 885. The number of benzene rings is 2. The largest absolute Gasteiger partial charge is 0.468 e. The average Bonchev–Trinajstić information content (AvgIpc) is 3.05. The van der Waals surface area contributed by atoms with Gasteiger partial charge in [-0.3, -0.25) is 10.1 Å². The maximum Gasteiger partial charge on any atom is 0.323 e. The SMILES string of the molecule is COC(=O)[C@H]1Cc2c([nH]c3ccccc23)[C@@H](CCc2ccccc2)N1. The van der Waals surface area contributed by atoms with Gasteiger partial charge in [0, 0.05) is 29.1 Å². The van der Waals surface area contributed by atoms with Crippen LogP contribution in [0.25, 0.3) is 10.9 Å². The molecule has 0 spiro atoms. The summed E-state index contributed by atoms with van der Waals surface area (Å²) in [5.74, 6) is -0.194. The molecule has 0 aliphatic carbocycles. The van der Waals surface area contributed by atoms with Gasteiger partial charge in [-0.25, -0.2) is 0 Å². The molecule has 0 unspecified atom stereocenters. The molecule has 4 heteroatoms. The van der Waals surface area contributed by atoms with E-state index in [9.17, 15) is 4.79 Å². The second-order valence-corrected chi connectivity index (χ2v) is 6.59. The van der Waals surface area contributed by atoms with Gasteiger partial charge in [-0.2, -0.15) is 0 Å². The maximum absolute atomic E-state index is 12.2. The summed E-state index contributed by atoms with van der Waals surface area (Å²) < 4.78 is 4.99. The summed E-state index contributed by atoms with van der Waals surface area (Å²) in [6, 6.07) is 18.6. The lowest BCUT2D eigenvalue weighted by Gasteiger charge is -2.30. The number of esters is 1. The van der Waals surface area contributed by atoms with E-state index in [1.54, 1.807) is 0 Å². The lowest BCUT2D eigenvalue weighted by Crippen LogP contribution is -2.45. The average molecular weight is 334 g/mol. The third kappa shape index (κ3) is 3.05. The first-order chi connectivity index (χ1) is 12.3. The van der Waals surface area contributed by atoms with Crippen molar-refractivity contribution in [2.75, 3.05) is 7.11 Å². The van der Waals surface area contributed by atoms with E-state index in [1.165, 1.54) is 29.3 Å². The van der Waals surface area contributed by atoms with E-state index < -0.39 is 0 Å². The van der Waals surface area contributed by atoms with Crippen molar-refractivity contribution >= 4 is 16.9 Å². The molecule has 1 aliphatic heterocycles. The second-order valence-electron chi connectivity index (χ2n) is 6.59.